The van der Waals surface area contributed by atoms with Crippen molar-refractivity contribution >= 4 is 34.0 Å². The molecule has 220 valence electrons. The first-order chi connectivity index (χ1) is 18.3. The second-order valence-corrected chi connectivity index (χ2v) is 11.6. The van der Waals surface area contributed by atoms with Gasteiger partial charge in [-0.1, -0.05) is 19.3 Å². The number of carbonyl (C=O) groups is 4. The van der Waals surface area contributed by atoms with Crippen molar-refractivity contribution in [3.8, 4) is 0 Å². The lowest BCUT2D eigenvalue weighted by Crippen LogP contribution is -2.49. The molecule has 8 unspecified atom stereocenters. The minimum Gasteiger partial charge on any atom is -0.455 e. The SMILES string of the molecule is COC(OC(=O)C1C2OC3C(OC(=O)C31)C2OC(=O)CCC(=O)OC(C)C(F)(F)S(=O)(=O)O)C1CCCCC1. The van der Waals surface area contributed by atoms with Crippen LogP contribution in [0, 0.1) is 17.8 Å². The van der Waals surface area contributed by atoms with Crippen molar-refractivity contribution in [3.05, 3.63) is 0 Å². The van der Waals surface area contributed by atoms with Crippen molar-refractivity contribution in [2.75, 3.05) is 7.11 Å². The molecule has 4 fully saturated rings. The van der Waals surface area contributed by atoms with Crippen molar-refractivity contribution in [2.45, 2.75) is 93.9 Å². The van der Waals surface area contributed by atoms with Crippen molar-refractivity contribution in [2.24, 2.45) is 17.8 Å². The van der Waals surface area contributed by atoms with Crippen LogP contribution in [0.2, 0.25) is 0 Å². The third-order valence-electron chi connectivity index (χ3n) is 7.60. The van der Waals surface area contributed by atoms with Crippen molar-refractivity contribution in [1.82, 2.24) is 0 Å². The van der Waals surface area contributed by atoms with E-state index in [2.05, 4.69) is 4.74 Å². The zero-order valence-corrected chi connectivity index (χ0v) is 22.0. The van der Waals surface area contributed by atoms with Gasteiger partial charge in [-0.25, -0.2) is 0 Å². The molecular formula is C23H30F2O13S. The van der Waals surface area contributed by atoms with Crippen molar-refractivity contribution in [1.29, 1.82) is 0 Å². The number of alkyl halides is 2. The van der Waals surface area contributed by atoms with Crippen LogP contribution in [-0.4, -0.2) is 86.0 Å². The Morgan fingerprint density at radius 2 is 1.69 bits per heavy atom. The minimum absolute atomic E-state index is 0.00372. The molecule has 1 saturated carbocycles. The number of hydrogen-bond donors (Lipinski definition) is 1. The zero-order valence-electron chi connectivity index (χ0n) is 21.2. The quantitative estimate of drug-likeness (QED) is 0.158. The van der Waals surface area contributed by atoms with Crippen LogP contribution in [0.4, 0.5) is 8.78 Å². The summed E-state index contributed by atoms with van der Waals surface area (Å²) in [5.41, 5.74) is 0. The van der Waals surface area contributed by atoms with Gasteiger partial charge in [0.25, 0.3) is 0 Å². The maximum atomic E-state index is 13.6. The maximum absolute atomic E-state index is 13.6. The predicted molar refractivity (Wildman–Crippen MR) is 120 cm³/mol. The lowest BCUT2D eigenvalue weighted by molar-refractivity contribution is -0.196. The van der Waals surface area contributed by atoms with E-state index in [1.54, 1.807) is 0 Å². The van der Waals surface area contributed by atoms with Crippen LogP contribution in [0.25, 0.3) is 0 Å². The van der Waals surface area contributed by atoms with E-state index in [1.165, 1.54) is 7.11 Å². The number of ether oxygens (including phenoxy) is 6. The predicted octanol–water partition coefficient (Wildman–Crippen LogP) is 1.13. The monoisotopic (exact) mass is 584 g/mol. The molecule has 1 aliphatic carbocycles. The molecule has 13 nitrogen and oxygen atoms in total. The fourth-order valence-electron chi connectivity index (χ4n) is 5.62. The van der Waals surface area contributed by atoms with Crippen LogP contribution in [0.3, 0.4) is 0 Å². The summed E-state index contributed by atoms with van der Waals surface area (Å²) >= 11 is 0. The third-order valence-corrected chi connectivity index (χ3v) is 8.62. The Kier molecular flexibility index (Phi) is 8.50. The van der Waals surface area contributed by atoms with E-state index in [0.29, 0.717) is 6.92 Å². The molecule has 3 saturated heterocycles. The Bertz CT molecular complexity index is 1090. The van der Waals surface area contributed by atoms with Gasteiger partial charge in [-0.3, -0.25) is 23.7 Å². The van der Waals surface area contributed by atoms with Gasteiger partial charge in [-0.15, -0.1) is 0 Å². The summed E-state index contributed by atoms with van der Waals surface area (Å²) in [5.74, 6) is -5.86. The normalized spacial score (nSPS) is 31.9. The topological polar surface area (TPSA) is 178 Å². The van der Waals surface area contributed by atoms with Gasteiger partial charge in [0.15, 0.2) is 18.3 Å². The Hall–Kier alpha value is -2.43. The van der Waals surface area contributed by atoms with Crippen LogP contribution in [0.15, 0.2) is 0 Å². The van der Waals surface area contributed by atoms with E-state index >= 15 is 0 Å². The summed E-state index contributed by atoms with van der Waals surface area (Å²) in [4.78, 5) is 50.0. The summed E-state index contributed by atoms with van der Waals surface area (Å²) in [6.45, 7) is 0.559. The highest BCUT2D eigenvalue weighted by Crippen LogP contribution is 2.51. The second-order valence-electron chi connectivity index (χ2n) is 10.1. The average molecular weight is 585 g/mol. The van der Waals surface area contributed by atoms with Gasteiger partial charge in [0.2, 0.25) is 6.29 Å². The Morgan fingerprint density at radius 1 is 1.05 bits per heavy atom. The standard InChI is InChI=1S/C23H30F2O13S/c1-10(23(24,25)39(30,31)32)34-12(26)8-9-13(27)35-18-16-15(14-17(36-16)19(18)37-20(14)28)21(29)38-22(33-2)11-6-4-3-5-7-11/h10-11,14-19,22H,3-9H2,1-2H3,(H,30,31,32). The lowest BCUT2D eigenvalue weighted by atomic mass is 9.78. The van der Waals surface area contributed by atoms with Crippen molar-refractivity contribution in [3.63, 3.8) is 0 Å². The average Bonchev–Trinajstić information content (AvgIpc) is 3.49. The smallest absolute Gasteiger partial charge is 0.405 e. The molecule has 8 atom stereocenters. The Balaban J connectivity index is 1.34. The van der Waals surface area contributed by atoms with Crippen LogP contribution in [0.1, 0.15) is 51.9 Å². The molecule has 4 aliphatic rings. The molecule has 16 heteroatoms. The fraction of sp³-hybridized carbons (Fsp3) is 0.826. The molecule has 0 radical (unpaired) electrons. The first kappa shape index (κ1) is 29.6. The van der Waals surface area contributed by atoms with Gasteiger partial charge in [0.05, 0.1) is 12.8 Å². The first-order valence-corrected chi connectivity index (χ1v) is 14.0. The summed E-state index contributed by atoms with van der Waals surface area (Å²) in [7, 11) is -4.42. The molecule has 0 aromatic rings. The molecule has 3 aliphatic heterocycles. The molecule has 0 spiro atoms. The van der Waals surface area contributed by atoms with E-state index in [9.17, 15) is 36.4 Å². The summed E-state index contributed by atoms with van der Waals surface area (Å²) in [6.07, 6.45) is -4.15. The molecular weight excluding hydrogens is 554 g/mol. The zero-order chi connectivity index (χ0) is 28.7. The summed E-state index contributed by atoms with van der Waals surface area (Å²) < 4.78 is 89.0. The molecule has 39 heavy (non-hydrogen) atoms. The molecule has 3 heterocycles. The lowest BCUT2D eigenvalue weighted by Gasteiger charge is -2.31. The van der Waals surface area contributed by atoms with E-state index < -0.39 is 101 Å². The highest BCUT2D eigenvalue weighted by atomic mass is 32.2. The Morgan fingerprint density at radius 3 is 2.31 bits per heavy atom. The second kappa shape index (κ2) is 11.2. The van der Waals surface area contributed by atoms with Crippen LogP contribution < -0.4 is 0 Å². The number of fused-ring (bicyclic) bond motifs is 1. The van der Waals surface area contributed by atoms with Crippen LogP contribution in [0.5, 0.6) is 0 Å². The van der Waals surface area contributed by atoms with Gasteiger partial charge in [0, 0.05) is 13.0 Å². The van der Waals surface area contributed by atoms with Gasteiger partial charge < -0.3 is 28.4 Å². The fourth-order valence-corrected chi connectivity index (χ4v) is 6.09. The molecule has 2 bridgehead atoms. The number of carbonyl (C=O) groups excluding carboxylic acids is 4. The van der Waals surface area contributed by atoms with Crippen LogP contribution >= 0.6 is 0 Å². The summed E-state index contributed by atoms with van der Waals surface area (Å²) in [6, 6.07) is 0. The minimum atomic E-state index is -5.84. The van der Waals surface area contributed by atoms with Gasteiger partial charge >= 0.3 is 39.2 Å². The van der Waals surface area contributed by atoms with Gasteiger partial charge in [-0.05, 0) is 19.8 Å². The number of halogens is 2. The highest BCUT2D eigenvalue weighted by Gasteiger charge is 2.72. The van der Waals surface area contributed by atoms with E-state index in [0.717, 1.165) is 32.1 Å². The van der Waals surface area contributed by atoms with Crippen molar-refractivity contribution < 1.29 is 69.4 Å². The summed E-state index contributed by atoms with van der Waals surface area (Å²) in [5, 5.41) is -4.76. The molecule has 0 amide bonds. The Labute approximate surface area is 222 Å². The number of methoxy groups -OCH3 is 1. The largest absolute Gasteiger partial charge is 0.455 e. The number of hydrogen-bond acceptors (Lipinski definition) is 12. The molecule has 0 aromatic carbocycles. The number of esters is 4. The van der Waals surface area contributed by atoms with Crippen LogP contribution in [-0.2, 0) is 57.7 Å². The van der Waals surface area contributed by atoms with Gasteiger partial charge in [0.1, 0.15) is 24.0 Å². The molecule has 1 N–H and O–H groups in total. The number of rotatable bonds is 11. The molecule has 0 aromatic heterocycles. The van der Waals surface area contributed by atoms with E-state index in [4.69, 9.17) is 28.2 Å². The van der Waals surface area contributed by atoms with Gasteiger partial charge in [-0.2, -0.15) is 17.2 Å². The van der Waals surface area contributed by atoms with E-state index in [1.807, 2.05) is 0 Å². The van der Waals surface area contributed by atoms with E-state index in [-0.39, 0.29) is 5.92 Å². The molecule has 4 rings (SSSR count). The first-order valence-electron chi connectivity index (χ1n) is 12.6. The maximum Gasteiger partial charge on any atom is 0.405 e. The third kappa shape index (κ3) is 5.74. The highest BCUT2D eigenvalue weighted by molar-refractivity contribution is 7.86.